The van der Waals surface area contributed by atoms with Gasteiger partial charge >= 0.3 is 12.0 Å². The molecule has 0 aliphatic carbocycles. The van der Waals surface area contributed by atoms with Crippen LogP contribution in [0.4, 0.5) is 4.79 Å². The van der Waals surface area contributed by atoms with Gasteiger partial charge in [0.2, 0.25) is 0 Å². The van der Waals surface area contributed by atoms with Gasteiger partial charge in [0, 0.05) is 17.1 Å². The van der Waals surface area contributed by atoms with Crippen molar-refractivity contribution in [2.45, 2.75) is 6.54 Å². The third-order valence-corrected chi connectivity index (χ3v) is 4.30. The predicted octanol–water partition coefficient (Wildman–Crippen LogP) is 4.01. The molecule has 6 nitrogen and oxygen atoms in total. The molecule has 0 atom stereocenters. The molecule has 0 unspecified atom stereocenters. The van der Waals surface area contributed by atoms with Crippen molar-refractivity contribution in [1.29, 1.82) is 0 Å². The Kier molecular flexibility index (Phi) is 7.23. The normalized spacial score (nSPS) is 10.6. The molecule has 0 saturated heterocycles. The van der Waals surface area contributed by atoms with Crippen LogP contribution in [0.2, 0.25) is 0 Å². The molecule has 0 fully saturated rings. The first kappa shape index (κ1) is 20.0. The Balaban J connectivity index is 2.14. The summed E-state index contributed by atoms with van der Waals surface area (Å²) in [6, 6.07) is 10.2. The number of nitrogens with one attached hydrogen (secondary N) is 1. The van der Waals surface area contributed by atoms with Gasteiger partial charge in [-0.2, -0.15) is 0 Å². The minimum atomic E-state index is -0.631. The van der Waals surface area contributed by atoms with Gasteiger partial charge in [-0.15, -0.1) is 0 Å². The van der Waals surface area contributed by atoms with E-state index in [1.54, 1.807) is 18.2 Å². The van der Waals surface area contributed by atoms with Gasteiger partial charge < -0.3 is 20.5 Å². The molecular formula is C18H16Br2N2O4. The van der Waals surface area contributed by atoms with Crippen LogP contribution < -0.4 is 20.5 Å². The number of carbonyl (C=O) groups excluding carboxylic acids is 2. The Morgan fingerprint density at radius 1 is 1.23 bits per heavy atom. The molecule has 3 N–H and O–H groups in total. The molecule has 0 saturated carbocycles. The van der Waals surface area contributed by atoms with Crippen molar-refractivity contribution >= 4 is 49.9 Å². The van der Waals surface area contributed by atoms with Crippen LogP contribution in [-0.4, -0.2) is 19.1 Å². The van der Waals surface area contributed by atoms with E-state index in [9.17, 15) is 9.59 Å². The number of primary amides is 1. The zero-order chi connectivity index (χ0) is 19.1. The molecule has 8 heteroatoms. The second-order valence-electron chi connectivity index (χ2n) is 5.14. The Bertz CT molecular complexity index is 853. The number of hydrogen-bond acceptors (Lipinski definition) is 4. The fraction of sp³-hybridized carbons (Fsp3) is 0.111. The smallest absolute Gasteiger partial charge is 0.336 e. The molecule has 2 rings (SSSR count). The van der Waals surface area contributed by atoms with Crippen LogP contribution in [-0.2, 0) is 11.3 Å². The number of urea groups is 1. The number of carbonyl (C=O) groups is 2. The minimum Gasteiger partial charge on any atom is -0.493 e. The van der Waals surface area contributed by atoms with Crippen LogP contribution in [0, 0.1) is 0 Å². The average molecular weight is 484 g/mol. The number of benzene rings is 2. The van der Waals surface area contributed by atoms with Crippen molar-refractivity contribution in [3.05, 3.63) is 62.5 Å². The molecule has 0 heterocycles. The number of ether oxygens (including phenoxy) is 2. The Morgan fingerprint density at radius 3 is 2.65 bits per heavy atom. The van der Waals surface area contributed by atoms with E-state index >= 15 is 0 Å². The van der Waals surface area contributed by atoms with Gasteiger partial charge in [0.25, 0.3) is 0 Å². The molecule has 0 aromatic heterocycles. The number of methoxy groups -OCH3 is 1. The van der Waals surface area contributed by atoms with Crippen molar-refractivity contribution in [2.75, 3.05) is 7.11 Å². The third-order valence-electron chi connectivity index (χ3n) is 3.22. The van der Waals surface area contributed by atoms with Gasteiger partial charge in [-0.25, -0.2) is 9.59 Å². The standard InChI is InChI=1S/C18H16Br2N2O4/c1-25-15-9-12(10-22-18(21)24)8-14(20)17(15)26-16(23)6-5-11-3-2-4-13(19)7-11/h2-9H,10H2,1H3,(H3,21,22,24)/b6-5+. The van der Waals surface area contributed by atoms with Crippen molar-refractivity contribution in [3.63, 3.8) is 0 Å². The maximum atomic E-state index is 12.1. The zero-order valence-electron chi connectivity index (χ0n) is 13.8. The topological polar surface area (TPSA) is 90.7 Å². The summed E-state index contributed by atoms with van der Waals surface area (Å²) in [5.41, 5.74) is 6.65. The molecular weight excluding hydrogens is 468 g/mol. The minimum absolute atomic E-state index is 0.224. The molecule has 136 valence electrons. The van der Waals surface area contributed by atoms with Crippen molar-refractivity contribution < 1.29 is 19.1 Å². The van der Waals surface area contributed by atoms with E-state index in [4.69, 9.17) is 15.2 Å². The van der Waals surface area contributed by atoms with E-state index in [0.29, 0.717) is 10.2 Å². The molecule has 0 spiro atoms. The first-order valence-electron chi connectivity index (χ1n) is 7.44. The Hall–Kier alpha value is -2.32. The van der Waals surface area contributed by atoms with Crippen LogP contribution in [0.5, 0.6) is 11.5 Å². The van der Waals surface area contributed by atoms with E-state index in [1.165, 1.54) is 13.2 Å². The maximum Gasteiger partial charge on any atom is 0.336 e. The maximum absolute atomic E-state index is 12.1. The second-order valence-corrected chi connectivity index (χ2v) is 6.91. The summed E-state index contributed by atoms with van der Waals surface area (Å²) < 4.78 is 12.1. The van der Waals surface area contributed by atoms with Crippen molar-refractivity contribution in [1.82, 2.24) is 5.32 Å². The first-order valence-corrected chi connectivity index (χ1v) is 9.03. The lowest BCUT2D eigenvalue weighted by Crippen LogP contribution is -2.28. The van der Waals surface area contributed by atoms with Gasteiger partial charge in [0.1, 0.15) is 0 Å². The Labute approximate surface area is 167 Å². The second kappa shape index (κ2) is 9.40. The van der Waals surface area contributed by atoms with Gasteiger partial charge in [-0.1, -0.05) is 28.1 Å². The Morgan fingerprint density at radius 2 is 2.00 bits per heavy atom. The monoisotopic (exact) mass is 482 g/mol. The fourth-order valence-corrected chi connectivity index (χ4v) is 3.06. The van der Waals surface area contributed by atoms with Crippen LogP contribution in [0.1, 0.15) is 11.1 Å². The van der Waals surface area contributed by atoms with Crippen LogP contribution in [0.15, 0.2) is 51.4 Å². The lowest BCUT2D eigenvalue weighted by Gasteiger charge is -2.12. The molecule has 2 amide bonds. The van der Waals surface area contributed by atoms with E-state index < -0.39 is 12.0 Å². The largest absolute Gasteiger partial charge is 0.493 e. The number of esters is 1. The molecule has 0 aliphatic heterocycles. The number of hydrogen-bond donors (Lipinski definition) is 2. The highest BCUT2D eigenvalue weighted by atomic mass is 79.9. The fourth-order valence-electron chi connectivity index (χ4n) is 2.07. The van der Waals surface area contributed by atoms with Gasteiger partial charge in [-0.3, -0.25) is 0 Å². The van der Waals surface area contributed by atoms with Gasteiger partial charge in [-0.05, 0) is 57.4 Å². The highest BCUT2D eigenvalue weighted by molar-refractivity contribution is 9.10. The molecule has 2 aromatic carbocycles. The highest BCUT2D eigenvalue weighted by Gasteiger charge is 2.14. The summed E-state index contributed by atoms with van der Waals surface area (Å²) in [6.45, 7) is 0.224. The number of rotatable bonds is 6. The molecule has 26 heavy (non-hydrogen) atoms. The van der Waals surface area contributed by atoms with Gasteiger partial charge in [0.05, 0.1) is 11.6 Å². The zero-order valence-corrected chi connectivity index (χ0v) is 17.0. The average Bonchev–Trinajstić information content (AvgIpc) is 2.60. The van der Waals surface area contributed by atoms with Gasteiger partial charge in [0.15, 0.2) is 11.5 Å². The first-order chi connectivity index (χ1) is 12.4. The summed E-state index contributed by atoms with van der Waals surface area (Å²) in [7, 11) is 1.46. The van der Waals surface area contributed by atoms with E-state index in [0.717, 1.165) is 15.6 Å². The van der Waals surface area contributed by atoms with E-state index in [2.05, 4.69) is 37.2 Å². The predicted molar refractivity (Wildman–Crippen MR) is 106 cm³/mol. The molecule has 0 radical (unpaired) electrons. The summed E-state index contributed by atoms with van der Waals surface area (Å²) in [6.07, 6.45) is 2.98. The quantitative estimate of drug-likeness (QED) is 0.369. The molecule has 0 bridgehead atoms. The summed E-state index contributed by atoms with van der Waals surface area (Å²) >= 11 is 6.72. The highest BCUT2D eigenvalue weighted by Crippen LogP contribution is 2.36. The SMILES string of the molecule is COc1cc(CNC(N)=O)cc(Br)c1OC(=O)/C=C/c1cccc(Br)c1. The van der Waals surface area contributed by atoms with Crippen LogP contribution >= 0.6 is 31.9 Å². The van der Waals surface area contributed by atoms with E-state index in [-0.39, 0.29) is 12.3 Å². The number of nitrogens with two attached hydrogens (primary N) is 1. The van der Waals surface area contributed by atoms with Crippen molar-refractivity contribution in [3.8, 4) is 11.5 Å². The third kappa shape index (κ3) is 5.89. The molecule has 2 aromatic rings. The van der Waals surface area contributed by atoms with Crippen LogP contribution in [0.3, 0.4) is 0 Å². The van der Waals surface area contributed by atoms with E-state index in [1.807, 2.05) is 24.3 Å². The number of amides is 2. The summed E-state index contributed by atoms with van der Waals surface area (Å²) in [5, 5.41) is 2.48. The lowest BCUT2D eigenvalue weighted by molar-refractivity contribution is -0.129. The molecule has 0 aliphatic rings. The number of halogens is 2. The van der Waals surface area contributed by atoms with Crippen molar-refractivity contribution in [2.24, 2.45) is 5.73 Å². The summed E-state index contributed by atoms with van der Waals surface area (Å²) in [4.78, 5) is 22.9. The van der Waals surface area contributed by atoms with Crippen LogP contribution in [0.25, 0.3) is 6.08 Å². The lowest BCUT2D eigenvalue weighted by atomic mass is 10.2. The summed E-state index contributed by atoms with van der Waals surface area (Å²) in [5.74, 6) is 0.0519.